The Morgan fingerprint density at radius 1 is 1.31 bits per heavy atom. The molecule has 1 aromatic heterocycles. The van der Waals surface area contributed by atoms with E-state index in [4.69, 9.17) is 11.6 Å². The van der Waals surface area contributed by atoms with Crippen LogP contribution in [0.1, 0.15) is 0 Å². The molecule has 1 aromatic carbocycles. The number of halogens is 1. The summed E-state index contributed by atoms with van der Waals surface area (Å²) in [5, 5.41) is 2.94. The maximum atomic E-state index is 10.9. The summed E-state index contributed by atoms with van der Waals surface area (Å²) in [6.45, 7) is 0. The smallest absolute Gasteiger partial charge is 0.323 e. The van der Waals surface area contributed by atoms with Crippen LogP contribution in [0.3, 0.4) is 0 Å². The molecule has 0 saturated heterocycles. The van der Waals surface area contributed by atoms with Gasteiger partial charge in [-0.3, -0.25) is 0 Å². The topological polar surface area (TPSA) is 60.7 Å². The molecule has 0 unspecified atom stereocenters. The third kappa shape index (κ3) is 1.53. The molecule has 4 nitrogen and oxygen atoms in total. The molecule has 0 atom stereocenters. The number of aromatic amines is 2. The van der Waals surface area contributed by atoms with Gasteiger partial charge < -0.3 is 15.3 Å². The van der Waals surface area contributed by atoms with Gasteiger partial charge in [-0.25, -0.2) is 4.79 Å². The Hall–Kier alpha value is -1.42. The maximum Gasteiger partial charge on any atom is 0.323 e. The zero-order valence-electron chi connectivity index (χ0n) is 6.73. The van der Waals surface area contributed by atoms with Gasteiger partial charge in [0.25, 0.3) is 0 Å². The number of H-pyrrole nitrogens is 2. The molecular weight excluding hydrogens is 190 g/mol. The van der Waals surface area contributed by atoms with Gasteiger partial charge in [0, 0.05) is 5.69 Å². The molecule has 0 aliphatic rings. The Bertz CT molecular complexity index is 473. The zero-order valence-corrected chi connectivity index (χ0v) is 7.48. The zero-order chi connectivity index (χ0) is 9.26. The van der Waals surface area contributed by atoms with Crippen molar-refractivity contribution in [2.45, 2.75) is 0 Å². The van der Waals surface area contributed by atoms with E-state index in [2.05, 4.69) is 15.3 Å². The first-order valence-electron chi connectivity index (χ1n) is 3.81. The van der Waals surface area contributed by atoms with Gasteiger partial charge in [-0.15, -0.1) is 11.6 Å². The van der Waals surface area contributed by atoms with Crippen molar-refractivity contribution in [3.8, 4) is 0 Å². The minimum Gasteiger partial charge on any atom is -0.372 e. The van der Waals surface area contributed by atoms with Gasteiger partial charge in [-0.2, -0.15) is 0 Å². The molecule has 0 aliphatic heterocycles. The van der Waals surface area contributed by atoms with Crippen molar-refractivity contribution in [2.24, 2.45) is 0 Å². The lowest BCUT2D eigenvalue weighted by atomic mass is 10.3. The Labute approximate surface area is 78.9 Å². The predicted octanol–water partition coefficient (Wildman–Crippen LogP) is 1.46. The highest BCUT2D eigenvalue weighted by atomic mass is 35.5. The predicted molar refractivity (Wildman–Crippen MR) is 53.3 cm³/mol. The number of fused-ring (bicyclic) bond motifs is 1. The van der Waals surface area contributed by atoms with Crippen LogP contribution in [0, 0.1) is 0 Å². The first-order chi connectivity index (χ1) is 6.29. The third-order valence-electron chi connectivity index (χ3n) is 1.79. The lowest BCUT2D eigenvalue weighted by Crippen LogP contribution is -1.99. The summed E-state index contributed by atoms with van der Waals surface area (Å²) in [6, 6.07) is 5.85. The molecule has 0 aliphatic carbocycles. The number of rotatable bonds is 2. The number of alkyl halides is 1. The lowest BCUT2D eigenvalue weighted by molar-refractivity contribution is 1.21. The van der Waals surface area contributed by atoms with Crippen LogP contribution in [0.15, 0.2) is 23.0 Å². The van der Waals surface area contributed by atoms with E-state index >= 15 is 0 Å². The molecule has 2 aromatic rings. The van der Waals surface area contributed by atoms with Gasteiger partial charge in [0.15, 0.2) is 0 Å². The molecule has 0 amide bonds. The van der Waals surface area contributed by atoms with E-state index in [0.717, 1.165) is 16.7 Å². The van der Waals surface area contributed by atoms with Crippen molar-refractivity contribution in [2.75, 3.05) is 11.3 Å². The molecule has 0 radical (unpaired) electrons. The first-order valence-corrected chi connectivity index (χ1v) is 4.35. The molecule has 2 rings (SSSR count). The number of benzene rings is 1. The summed E-state index contributed by atoms with van der Waals surface area (Å²) in [7, 11) is 0. The molecule has 3 N–H and O–H groups in total. The van der Waals surface area contributed by atoms with Gasteiger partial charge >= 0.3 is 5.69 Å². The lowest BCUT2D eigenvalue weighted by Gasteiger charge is -2.00. The molecule has 0 fully saturated rings. The van der Waals surface area contributed by atoms with Gasteiger partial charge in [0.1, 0.15) is 0 Å². The Morgan fingerprint density at radius 2 is 2.08 bits per heavy atom. The second-order valence-electron chi connectivity index (χ2n) is 2.65. The summed E-state index contributed by atoms with van der Waals surface area (Å²) in [4.78, 5) is 16.2. The number of anilines is 1. The third-order valence-corrected chi connectivity index (χ3v) is 1.92. The second kappa shape index (κ2) is 3.14. The van der Waals surface area contributed by atoms with E-state index in [1.165, 1.54) is 0 Å². The fourth-order valence-electron chi connectivity index (χ4n) is 1.22. The van der Waals surface area contributed by atoms with Crippen molar-refractivity contribution in [1.29, 1.82) is 0 Å². The van der Waals surface area contributed by atoms with Crippen molar-refractivity contribution < 1.29 is 0 Å². The number of nitrogens with one attached hydrogen (secondary N) is 3. The maximum absolute atomic E-state index is 10.9. The molecule has 68 valence electrons. The number of hydrogen-bond acceptors (Lipinski definition) is 2. The second-order valence-corrected chi connectivity index (χ2v) is 2.92. The summed E-state index contributed by atoms with van der Waals surface area (Å²) >= 11 is 5.50. The molecule has 0 bridgehead atoms. The van der Waals surface area contributed by atoms with Gasteiger partial charge in [0.05, 0.1) is 17.0 Å². The van der Waals surface area contributed by atoms with Crippen molar-refractivity contribution in [3.05, 3.63) is 28.7 Å². The van der Waals surface area contributed by atoms with Crippen LogP contribution in [0.5, 0.6) is 0 Å². The fraction of sp³-hybridized carbons (Fsp3) is 0.125. The van der Waals surface area contributed by atoms with Crippen molar-refractivity contribution in [3.63, 3.8) is 0 Å². The number of aromatic nitrogens is 2. The van der Waals surface area contributed by atoms with Crippen molar-refractivity contribution in [1.82, 2.24) is 9.97 Å². The van der Waals surface area contributed by atoms with Crippen LogP contribution in [0.2, 0.25) is 0 Å². The monoisotopic (exact) mass is 197 g/mol. The van der Waals surface area contributed by atoms with E-state index in [1.807, 2.05) is 18.2 Å². The molecule has 0 saturated carbocycles. The quantitative estimate of drug-likeness (QED) is 0.504. The Morgan fingerprint density at radius 3 is 2.85 bits per heavy atom. The molecule has 13 heavy (non-hydrogen) atoms. The average molecular weight is 198 g/mol. The average Bonchev–Trinajstić information content (AvgIpc) is 2.44. The Balaban J connectivity index is 2.54. The molecule has 0 spiro atoms. The number of imidazole rings is 1. The van der Waals surface area contributed by atoms with E-state index in [-0.39, 0.29) is 5.69 Å². The standard InChI is InChI=1S/C8H8ClN3O/c9-4-10-5-1-2-6-7(3-5)12-8(13)11-6/h1-3,10H,4H2,(H2,11,12,13). The molecule has 5 heteroatoms. The Kier molecular flexibility index (Phi) is 1.98. The van der Waals surface area contributed by atoms with Crippen LogP contribution in [-0.4, -0.2) is 16.0 Å². The molecular formula is C8H8ClN3O. The van der Waals surface area contributed by atoms with Crippen LogP contribution in [-0.2, 0) is 0 Å². The normalized spacial score (nSPS) is 10.5. The van der Waals surface area contributed by atoms with Gasteiger partial charge in [-0.05, 0) is 18.2 Å². The first kappa shape index (κ1) is 8.19. The summed E-state index contributed by atoms with van der Waals surface area (Å²) in [6.07, 6.45) is 0. The van der Waals surface area contributed by atoms with Gasteiger partial charge in [0.2, 0.25) is 0 Å². The van der Waals surface area contributed by atoms with Gasteiger partial charge in [-0.1, -0.05) is 0 Å². The summed E-state index contributed by atoms with van der Waals surface area (Å²) in [5.41, 5.74) is 2.26. The van der Waals surface area contributed by atoms with Crippen LogP contribution in [0.4, 0.5) is 5.69 Å². The van der Waals surface area contributed by atoms with Crippen LogP contribution < -0.4 is 11.0 Å². The highest BCUT2D eigenvalue weighted by molar-refractivity contribution is 6.18. The summed E-state index contributed by atoms with van der Waals surface area (Å²) in [5.74, 6) is 0. The highest BCUT2D eigenvalue weighted by Gasteiger charge is 1.98. The van der Waals surface area contributed by atoms with Crippen LogP contribution >= 0.6 is 11.6 Å². The van der Waals surface area contributed by atoms with E-state index in [9.17, 15) is 4.79 Å². The minimum atomic E-state index is -0.196. The fourth-order valence-corrected chi connectivity index (χ4v) is 1.37. The largest absolute Gasteiger partial charge is 0.372 e. The van der Waals surface area contributed by atoms with E-state index in [1.54, 1.807) is 0 Å². The molecule has 1 heterocycles. The van der Waals surface area contributed by atoms with E-state index in [0.29, 0.717) is 6.00 Å². The SMILES string of the molecule is O=c1[nH]c2ccc(NCCl)cc2[nH]1. The van der Waals surface area contributed by atoms with Crippen LogP contribution in [0.25, 0.3) is 11.0 Å². The van der Waals surface area contributed by atoms with E-state index < -0.39 is 0 Å². The summed E-state index contributed by atoms with van der Waals surface area (Å²) < 4.78 is 0. The minimum absolute atomic E-state index is 0.196. The number of hydrogen-bond donors (Lipinski definition) is 3. The highest BCUT2D eigenvalue weighted by Crippen LogP contribution is 2.14. The van der Waals surface area contributed by atoms with Crippen molar-refractivity contribution >= 4 is 28.3 Å².